The van der Waals surface area contributed by atoms with Crippen LogP contribution in [-0.2, 0) is 18.4 Å². The van der Waals surface area contributed by atoms with Gasteiger partial charge in [-0.3, -0.25) is 9.36 Å². The maximum atomic E-state index is 13.0. The average molecular weight is 1030 g/mol. The fraction of sp³-hybridized carbons (Fsp3) is 0.857. The lowest BCUT2D eigenvalue weighted by atomic mass is 10.0. The highest BCUT2D eigenvalue weighted by atomic mass is 31.2. The van der Waals surface area contributed by atoms with Crippen molar-refractivity contribution >= 4 is 13.7 Å². The molecule has 0 aromatic heterocycles. The largest absolute Gasteiger partial charge is 0.756 e. The van der Waals surface area contributed by atoms with Crippen molar-refractivity contribution in [2.75, 3.05) is 40.9 Å². The highest BCUT2D eigenvalue weighted by Crippen LogP contribution is 2.38. The highest BCUT2D eigenvalue weighted by molar-refractivity contribution is 7.45. The number of unbranched alkanes of at least 4 members (excludes halogenated alkanes) is 36. The van der Waals surface area contributed by atoms with Crippen molar-refractivity contribution in [1.29, 1.82) is 0 Å². The van der Waals surface area contributed by atoms with Gasteiger partial charge in [-0.05, 0) is 51.4 Å². The molecule has 0 aliphatic carbocycles. The van der Waals surface area contributed by atoms with Crippen LogP contribution in [-0.4, -0.2) is 68.5 Å². The lowest BCUT2D eigenvalue weighted by Crippen LogP contribution is -2.46. The molecule has 3 unspecified atom stereocenters. The third kappa shape index (κ3) is 56.2. The minimum absolute atomic E-state index is 0.00946. The zero-order valence-corrected chi connectivity index (χ0v) is 49.3. The number of quaternary nitrogens is 1. The van der Waals surface area contributed by atoms with Crippen molar-refractivity contribution in [1.82, 2.24) is 5.32 Å². The lowest BCUT2D eigenvalue weighted by molar-refractivity contribution is -0.870. The zero-order valence-electron chi connectivity index (χ0n) is 48.4. The molecule has 0 bridgehead atoms. The minimum Gasteiger partial charge on any atom is -0.756 e. The van der Waals surface area contributed by atoms with Crippen LogP contribution in [0.3, 0.4) is 0 Å². The van der Waals surface area contributed by atoms with E-state index in [-0.39, 0.29) is 19.1 Å². The number of nitrogens with zero attached hydrogens (tertiary/aromatic N) is 1. The van der Waals surface area contributed by atoms with E-state index in [0.29, 0.717) is 23.9 Å². The number of phosphoric acid groups is 1. The van der Waals surface area contributed by atoms with Gasteiger partial charge in [0.05, 0.1) is 39.9 Å². The molecule has 0 aliphatic rings. The van der Waals surface area contributed by atoms with Crippen LogP contribution in [0, 0.1) is 0 Å². The molecule has 8 nitrogen and oxygen atoms in total. The van der Waals surface area contributed by atoms with Crippen LogP contribution >= 0.6 is 7.82 Å². The molecule has 0 spiro atoms. The zero-order chi connectivity index (χ0) is 52.7. The van der Waals surface area contributed by atoms with Crippen LogP contribution in [0.4, 0.5) is 0 Å². The standard InChI is InChI=1S/C63H121N2O6P/c1-6-8-10-12-14-16-18-20-22-24-26-28-29-30-31-32-33-34-35-37-38-40-42-44-46-48-50-52-54-56-62(66)61(60-71-72(68,69)70-59-58-65(3,4)5)64-63(67)57-55-53-51-49-47-45-43-41-39-36-27-25-23-21-19-17-15-13-11-9-7-2/h9,11,15,17,21,23,27,36,61-62,66H,6-8,10,12-14,16,18-20,22,24-26,28-35,37-60H2,1-5H3,(H-,64,67,68,69)/b11-9-,17-15-,23-21-,36-27-. The fourth-order valence-electron chi connectivity index (χ4n) is 9.27. The Morgan fingerprint density at radius 1 is 0.500 bits per heavy atom. The molecule has 424 valence electrons. The molecule has 9 heteroatoms. The summed E-state index contributed by atoms with van der Waals surface area (Å²) in [4.78, 5) is 25.6. The Hall–Kier alpha value is -1.54. The van der Waals surface area contributed by atoms with Crippen LogP contribution in [0.2, 0.25) is 0 Å². The first-order valence-electron chi connectivity index (χ1n) is 31.0. The van der Waals surface area contributed by atoms with E-state index in [4.69, 9.17) is 9.05 Å². The summed E-state index contributed by atoms with van der Waals surface area (Å²) in [6, 6.07) is -0.808. The molecule has 0 aliphatic heterocycles. The third-order valence-electron chi connectivity index (χ3n) is 14.1. The summed E-state index contributed by atoms with van der Waals surface area (Å²) in [5.41, 5.74) is 0. The highest BCUT2D eigenvalue weighted by Gasteiger charge is 2.24. The van der Waals surface area contributed by atoms with Gasteiger partial charge >= 0.3 is 0 Å². The van der Waals surface area contributed by atoms with E-state index in [1.165, 1.54) is 199 Å². The van der Waals surface area contributed by atoms with Gasteiger partial charge in [0.2, 0.25) is 5.91 Å². The number of rotatable bonds is 57. The number of amides is 1. The molecule has 0 aromatic carbocycles. The van der Waals surface area contributed by atoms with Gasteiger partial charge in [0, 0.05) is 6.42 Å². The second-order valence-corrected chi connectivity index (χ2v) is 23.8. The van der Waals surface area contributed by atoms with Crippen LogP contribution in [0.15, 0.2) is 48.6 Å². The molecule has 0 heterocycles. The molecule has 72 heavy (non-hydrogen) atoms. The van der Waals surface area contributed by atoms with Crippen molar-refractivity contribution in [3.63, 3.8) is 0 Å². The first kappa shape index (κ1) is 70.5. The van der Waals surface area contributed by atoms with Gasteiger partial charge in [0.25, 0.3) is 7.82 Å². The number of carbonyl (C=O) groups is 1. The van der Waals surface area contributed by atoms with Crippen LogP contribution < -0.4 is 10.2 Å². The monoisotopic (exact) mass is 1030 g/mol. The summed E-state index contributed by atoms with van der Waals surface area (Å²) >= 11 is 0. The lowest BCUT2D eigenvalue weighted by Gasteiger charge is -2.30. The van der Waals surface area contributed by atoms with Gasteiger partial charge in [-0.2, -0.15) is 0 Å². The van der Waals surface area contributed by atoms with Crippen molar-refractivity contribution < 1.29 is 32.9 Å². The van der Waals surface area contributed by atoms with Crippen molar-refractivity contribution in [2.24, 2.45) is 0 Å². The Labute approximate surface area is 448 Å². The molecule has 0 saturated heterocycles. The van der Waals surface area contributed by atoms with Gasteiger partial charge in [-0.1, -0.05) is 287 Å². The van der Waals surface area contributed by atoms with E-state index in [1.807, 2.05) is 21.1 Å². The number of carbonyl (C=O) groups excluding carboxylic acids is 1. The molecule has 0 radical (unpaired) electrons. The topological polar surface area (TPSA) is 108 Å². The summed E-state index contributed by atoms with van der Waals surface area (Å²) in [6.45, 7) is 4.64. The summed E-state index contributed by atoms with van der Waals surface area (Å²) < 4.78 is 23.5. The first-order valence-corrected chi connectivity index (χ1v) is 32.4. The quantitative estimate of drug-likeness (QED) is 0.0272. The van der Waals surface area contributed by atoms with E-state index < -0.39 is 20.0 Å². The maximum absolute atomic E-state index is 13.0. The van der Waals surface area contributed by atoms with Gasteiger partial charge in [0.1, 0.15) is 13.2 Å². The number of hydrogen-bond donors (Lipinski definition) is 2. The predicted octanol–water partition coefficient (Wildman–Crippen LogP) is 18.5. The number of hydrogen-bond acceptors (Lipinski definition) is 6. The van der Waals surface area contributed by atoms with E-state index >= 15 is 0 Å². The molecule has 0 aromatic rings. The molecular weight excluding hydrogens is 912 g/mol. The van der Waals surface area contributed by atoms with Gasteiger partial charge in [-0.15, -0.1) is 0 Å². The SMILES string of the molecule is CC/C=C\C/C=C\C/C=C\C/C=C\CCCCCCCCCCC(=O)NC(COP(=O)([O-])OCC[N+](C)(C)C)C(O)CCCCCCCCCCCCCCCCCCCCCCCCCCCCCCC. The molecule has 0 saturated carbocycles. The number of allylic oxidation sites excluding steroid dienone is 8. The maximum Gasteiger partial charge on any atom is 0.268 e. The molecule has 2 N–H and O–H groups in total. The second-order valence-electron chi connectivity index (χ2n) is 22.4. The fourth-order valence-corrected chi connectivity index (χ4v) is 9.99. The Bertz CT molecular complexity index is 1310. The number of nitrogens with one attached hydrogen (secondary N) is 1. The van der Waals surface area contributed by atoms with Crippen LogP contribution in [0.1, 0.15) is 296 Å². The summed E-state index contributed by atoms with van der Waals surface area (Å²) in [5, 5.41) is 14.1. The van der Waals surface area contributed by atoms with Crippen LogP contribution in [0.5, 0.6) is 0 Å². The number of likely N-dealkylation sites (N-methyl/N-ethyl adjacent to an activating group) is 1. The number of aliphatic hydroxyl groups excluding tert-OH is 1. The minimum atomic E-state index is -4.58. The van der Waals surface area contributed by atoms with Crippen molar-refractivity contribution in [3.05, 3.63) is 48.6 Å². The Morgan fingerprint density at radius 2 is 0.847 bits per heavy atom. The number of phosphoric ester groups is 1. The van der Waals surface area contributed by atoms with Crippen molar-refractivity contribution in [3.8, 4) is 0 Å². The third-order valence-corrected chi connectivity index (χ3v) is 15.0. The van der Waals surface area contributed by atoms with E-state index in [0.717, 1.165) is 70.6 Å². The van der Waals surface area contributed by atoms with Crippen molar-refractivity contribution in [2.45, 2.75) is 309 Å². The molecular formula is C63H121N2O6P. The van der Waals surface area contributed by atoms with E-state index in [2.05, 4.69) is 67.8 Å². The van der Waals surface area contributed by atoms with Gasteiger partial charge in [-0.25, -0.2) is 0 Å². The van der Waals surface area contributed by atoms with E-state index in [9.17, 15) is 19.4 Å². The van der Waals surface area contributed by atoms with Gasteiger partial charge < -0.3 is 28.8 Å². The predicted molar refractivity (Wildman–Crippen MR) is 311 cm³/mol. The van der Waals surface area contributed by atoms with Crippen LogP contribution in [0.25, 0.3) is 0 Å². The molecule has 3 atom stereocenters. The Balaban J connectivity index is 4.10. The van der Waals surface area contributed by atoms with Gasteiger partial charge in [0.15, 0.2) is 0 Å². The Kier molecular flexibility index (Phi) is 53.1. The average Bonchev–Trinajstić information content (AvgIpc) is 3.34. The second kappa shape index (κ2) is 54.3. The summed E-state index contributed by atoms with van der Waals surface area (Å²) in [6.07, 6.45) is 71.6. The first-order chi connectivity index (χ1) is 35.0. The smallest absolute Gasteiger partial charge is 0.268 e. The normalized spacial score (nSPS) is 14.2. The molecule has 0 fully saturated rings. The van der Waals surface area contributed by atoms with E-state index in [1.54, 1.807) is 0 Å². The molecule has 1 amide bonds. The Morgan fingerprint density at radius 3 is 1.24 bits per heavy atom. The number of aliphatic hydroxyl groups is 1. The summed E-state index contributed by atoms with van der Waals surface area (Å²) in [5.74, 6) is -0.171. The molecule has 0 rings (SSSR count). The summed E-state index contributed by atoms with van der Waals surface area (Å²) in [7, 11) is 1.30.